The maximum Gasteiger partial charge on any atom is 0.355 e. The number of halogens is 1. The molecule has 25 heavy (non-hydrogen) atoms. The lowest BCUT2D eigenvalue weighted by molar-refractivity contribution is 0.0523. The molecule has 1 N–H and O–H groups in total. The number of carbonyl (C=O) groups excluding carboxylic acids is 2. The summed E-state index contributed by atoms with van der Waals surface area (Å²) in [6.45, 7) is 2.17. The predicted octanol–water partition coefficient (Wildman–Crippen LogP) is 4.41. The van der Waals surface area contributed by atoms with Crippen molar-refractivity contribution in [2.24, 2.45) is 0 Å². The van der Waals surface area contributed by atoms with Gasteiger partial charge in [-0.1, -0.05) is 23.7 Å². The number of esters is 1. The number of carbonyl (C=O) groups is 2. The minimum atomic E-state index is -0.392. The van der Waals surface area contributed by atoms with Gasteiger partial charge in [0.15, 0.2) is 5.78 Å². The van der Waals surface area contributed by atoms with Crippen molar-refractivity contribution in [3.63, 3.8) is 0 Å². The lowest BCUT2D eigenvalue weighted by Crippen LogP contribution is -2.18. The minimum Gasteiger partial charge on any atom is -0.460 e. The van der Waals surface area contributed by atoms with Crippen LogP contribution in [-0.2, 0) is 11.2 Å². The molecule has 3 rings (SSSR count). The van der Waals surface area contributed by atoms with E-state index in [-0.39, 0.29) is 11.7 Å². The molecule has 6 heteroatoms. The highest BCUT2D eigenvalue weighted by molar-refractivity contribution is 7.98. The Morgan fingerprint density at radius 3 is 2.72 bits per heavy atom. The summed E-state index contributed by atoms with van der Waals surface area (Å²) in [5.74, 6) is 0.522. The molecular formula is C19H20ClNO3S. The normalized spacial score (nSPS) is 16.6. The van der Waals surface area contributed by atoms with E-state index >= 15 is 0 Å². The highest BCUT2D eigenvalue weighted by Gasteiger charge is 2.32. The van der Waals surface area contributed by atoms with Crippen LogP contribution in [0.3, 0.4) is 0 Å². The number of ketones is 1. The largest absolute Gasteiger partial charge is 0.460 e. The van der Waals surface area contributed by atoms with E-state index in [9.17, 15) is 9.59 Å². The molecule has 0 amide bonds. The first-order chi connectivity index (χ1) is 12.0. The number of ether oxygens (including phenoxy) is 1. The molecule has 0 fully saturated rings. The number of aromatic amines is 1. The Bertz CT molecular complexity index is 798. The molecule has 0 aliphatic heterocycles. The average molecular weight is 378 g/mol. The van der Waals surface area contributed by atoms with Crippen LogP contribution in [0.2, 0.25) is 5.02 Å². The van der Waals surface area contributed by atoms with Gasteiger partial charge in [-0.25, -0.2) is 4.79 Å². The second-order valence-corrected chi connectivity index (χ2v) is 7.61. The molecule has 1 aliphatic carbocycles. The van der Waals surface area contributed by atoms with E-state index in [2.05, 4.69) is 4.98 Å². The molecule has 0 unspecified atom stereocenters. The molecule has 132 valence electrons. The number of rotatable bonds is 5. The van der Waals surface area contributed by atoms with Crippen molar-refractivity contribution in [1.82, 2.24) is 4.98 Å². The number of Topliss-reactive ketones (excluding diaryl/α,β-unsaturated/α-hetero) is 1. The average Bonchev–Trinajstić information content (AvgIpc) is 2.93. The summed E-state index contributed by atoms with van der Waals surface area (Å²) in [6, 6.07) is 7.59. The molecule has 1 aliphatic rings. The quantitative estimate of drug-likeness (QED) is 0.619. The van der Waals surface area contributed by atoms with Gasteiger partial charge >= 0.3 is 5.97 Å². The van der Waals surface area contributed by atoms with Gasteiger partial charge in [-0.3, -0.25) is 4.79 Å². The Balaban J connectivity index is 1.84. The maximum atomic E-state index is 12.7. The van der Waals surface area contributed by atoms with E-state index < -0.39 is 5.97 Å². The fourth-order valence-electron chi connectivity index (χ4n) is 3.30. The molecule has 1 heterocycles. The topological polar surface area (TPSA) is 59.2 Å². The van der Waals surface area contributed by atoms with E-state index in [1.807, 2.05) is 30.5 Å². The van der Waals surface area contributed by atoms with Gasteiger partial charge in [0.1, 0.15) is 12.3 Å². The summed E-state index contributed by atoms with van der Waals surface area (Å²) in [5, 5.41) is 0.678. The standard InChI is InChI=1S/C19H20ClNO3S/c1-11-17-15(21-18(11)19(23)24-7-8-25-2)9-13(10-16(17)22)12-3-5-14(20)6-4-12/h3-6,13,21H,7-10H2,1-2H3/t13-/m0/s1. The maximum absolute atomic E-state index is 12.7. The monoisotopic (exact) mass is 377 g/mol. The fourth-order valence-corrected chi connectivity index (χ4v) is 3.67. The molecule has 1 atom stereocenters. The van der Waals surface area contributed by atoms with Crippen molar-refractivity contribution < 1.29 is 14.3 Å². The van der Waals surface area contributed by atoms with Crippen molar-refractivity contribution in [3.8, 4) is 0 Å². The molecule has 2 aromatic rings. The van der Waals surface area contributed by atoms with E-state index in [1.165, 1.54) is 0 Å². The van der Waals surface area contributed by atoms with Crippen LogP contribution >= 0.6 is 23.4 Å². The Hall–Kier alpha value is -1.72. The van der Waals surface area contributed by atoms with Crippen LogP contribution in [0, 0.1) is 6.92 Å². The second kappa shape index (κ2) is 7.67. The summed E-state index contributed by atoms with van der Waals surface area (Å²) in [4.78, 5) is 28.1. The lowest BCUT2D eigenvalue weighted by atomic mass is 9.81. The summed E-state index contributed by atoms with van der Waals surface area (Å²) in [6.07, 6.45) is 3.10. The third-order valence-electron chi connectivity index (χ3n) is 4.55. The molecular weight excluding hydrogens is 358 g/mol. The minimum absolute atomic E-state index is 0.0677. The molecule has 0 spiro atoms. The van der Waals surface area contributed by atoms with Crippen LogP contribution in [0.25, 0.3) is 0 Å². The summed E-state index contributed by atoms with van der Waals surface area (Å²) < 4.78 is 5.27. The SMILES string of the molecule is CSCCOC(=O)c1[nH]c2c(c1C)C(=O)C[C@@H](c1ccc(Cl)cc1)C2. The molecule has 4 nitrogen and oxygen atoms in total. The van der Waals surface area contributed by atoms with Crippen molar-refractivity contribution in [3.05, 3.63) is 57.4 Å². The number of nitrogens with one attached hydrogen (secondary N) is 1. The van der Waals surface area contributed by atoms with Gasteiger partial charge in [0.25, 0.3) is 0 Å². The second-order valence-electron chi connectivity index (χ2n) is 6.19. The number of fused-ring (bicyclic) bond motifs is 1. The zero-order valence-electron chi connectivity index (χ0n) is 14.2. The fraction of sp³-hybridized carbons (Fsp3) is 0.368. The number of hydrogen-bond donors (Lipinski definition) is 1. The molecule has 0 saturated heterocycles. The van der Waals surface area contributed by atoms with Crippen molar-refractivity contribution >= 4 is 35.1 Å². The van der Waals surface area contributed by atoms with Gasteiger partial charge in [-0.15, -0.1) is 0 Å². The number of H-pyrrole nitrogens is 1. The molecule has 1 aromatic heterocycles. The molecule has 1 aromatic carbocycles. The van der Waals surface area contributed by atoms with Crippen LogP contribution in [-0.4, -0.2) is 35.4 Å². The van der Waals surface area contributed by atoms with Crippen LogP contribution in [0.5, 0.6) is 0 Å². The zero-order valence-corrected chi connectivity index (χ0v) is 15.8. The van der Waals surface area contributed by atoms with Gasteiger partial charge in [0.2, 0.25) is 0 Å². The van der Waals surface area contributed by atoms with Crippen LogP contribution in [0.4, 0.5) is 0 Å². The van der Waals surface area contributed by atoms with Crippen LogP contribution in [0.15, 0.2) is 24.3 Å². The first kappa shape index (κ1) is 18.1. The van der Waals surface area contributed by atoms with Crippen molar-refractivity contribution in [2.75, 3.05) is 18.6 Å². The number of hydrogen-bond acceptors (Lipinski definition) is 4. The summed E-state index contributed by atoms with van der Waals surface area (Å²) in [7, 11) is 0. The Morgan fingerprint density at radius 2 is 2.04 bits per heavy atom. The Labute approximate surface area is 156 Å². The van der Waals surface area contributed by atoms with Gasteiger partial charge in [0, 0.05) is 28.5 Å². The Morgan fingerprint density at radius 1 is 1.32 bits per heavy atom. The smallest absolute Gasteiger partial charge is 0.355 e. The van der Waals surface area contributed by atoms with E-state index in [0.29, 0.717) is 41.3 Å². The highest BCUT2D eigenvalue weighted by atomic mass is 35.5. The number of benzene rings is 1. The van der Waals surface area contributed by atoms with Gasteiger partial charge < -0.3 is 9.72 Å². The van der Waals surface area contributed by atoms with E-state index in [1.54, 1.807) is 18.7 Å². The Kier molecular flexibility index (Phi) is 5.54. The highest BCUT2D eigenvalue weighted by Crippen LogP contribution is 2.35. The summed E-state index contributed by atoms with van der Waals surface area (Å²) >= 11 is 7.56. The molecule has 0 saturated carbocycles. The van der Waals surface area contributed by atoms with E-state index in [0.717, 1.165) is 17.0 Å². The lowest BCUT2D eigenvalue weighted by Gasteiger charge is -2.22. The van der Waals surface area contributed by atoms with E-state index in [4.69, 9.17) is 16.3 Å². The third-order valence-corrected chi connectivity index (χ3v) is 5.38. The number of thioether (sulfide) groups is 1. The van der Waals surface area contributed by atoms with Gasteiger partial charge in [-0.05, 0) is 48.8 Å². The zero-order chi connectivity index (χ0) is 18.0. The molecule has 0 radical (unpaired) electrons. The van der Waals surface area contributed by atoms with Crippen molar-refractivity contribution in [1.29, 1.82) is 0 Å². The van der Waals surface area contributed by atoms with Gasteiger partial charge in [-0.2, -0.15) is 11.8 Å². The molecule has 0 bridgehead atoms. The van der Waals surface area contributed by atoms with Gasteiger partial charge in [0.05, 0.1) is 0 Å². The summed E-state index contributed by atoms with van der Waals surface area (Å²) in [5.41, 5.74) is 3.66. The van der Waals surface area contributed by atoms with Crippen molar-refractivity contribution in [2.45, 2.75) is 25.7 Å². The third kappa shape index (κ3) is 3.77. The predicted molar refractivity (Wildman–Crippen MR) is 101 cm³/mol. The first-order valence-electron chi connectivity index (χ1n) is 8.17. The van der Waals surface area contributed by atoms with Crippen LogP contribution < -0.4 is 0 Å². The van der Waals surface area contributed by atoms with Crippen LogP contribution in [0.1, 0.15) is 50.0 Å². The number of aromatic nitrogens is 1. The first-order valence-corrected chi connectivity index (χ1v) is 9.94.